The van der Waals surface area contributed by atoms with Gasteiger partial charge in [-0.2, -0.15) is 13.2 Å². The Kier molecular flexibility index (Phi) is 2.97. The normalized spacial score (nSPS) is 22.7. The molecule has 0 aromatic heterocycles. The van der Waals surface area contributed by atoms with Gasteiger partial charge in [-0.3, -0.25) is 4.99 Å². The average Bonchev–Trinajstić information content (AvgIpc) is 2.56. The van der Waals surface area contributed by atoms with E-state index in [0.29, 0.717) is 17.9 Å². The molecular weight excluding hydrogens is 255 g/mol. The number of aliphatic imine (C=N–C) groups is 1. The van der Waals surface area contributed by atoms with E-state index in [-0.39, 0.29) is 6.04 Å². The van der Waals surface area contributed by atoms with Crippen LogP contribution in [0.4, 0.5) is 24.5 Å². The fraction of sp³-hybridized carbons (Fsp3) is 0.462. The zero-order chi connectivity index (χ0) is 13.5. The van der Waals surface area contributed by atoms with Gasteiger partial charge in [0.15, 0.2) is 0 Å². The van der Waals surface area contributed by atoms with Crippen LogP contribution in [0, 0.1) is 0 Å². The Bertz CT molecular complexity index is 510. The fourth-order valence-corrected chi connectivity index (χ4v) is 2.60. The summed E-state index contributed by atoms with van der Waals surface area (Å²) in [5, 5.41) is 3.26. The van der Waals surface area contributed by atoms with Gasteiger partial charge in [0.2, 0.25) is 0 Å². The molecule has 1 fully saturated rings. The molecule has 1 N–H and O–H groups in total. The fourth-order valence-electron chi connectivity index (χ4n) is 2.60. The lowest BCUT2D eigenvalue weighted by atomic mass is 10.1. The Morgan fingerprint density at radius 1 is 1.32 bits per heavy atom. The van der Waals surface area contributed by atoms with E-state index in [9.17, 15) is 13.2 Å². The van der Waals surface area contributed by atoms with Crippen LogP contribution in [0.3, 0.4) is 0 Å². The van der Waals surface area contributed by atoms with Crippen molar-refractivity contribution in [2.24, 2.45) is 4.99 Å². The highest BCUT2D eigenvalue weighted by molar-refractivity contribution is 5.77. The van der Waals surface area contributed by atoms with Gasteiger partial charge in [-0.1, -0.05) is 0 Å². The number of fused-ring (bicyclic) bond motifs is 3. The Morgan fingerprint density at radius 3 is 2.95 bits per heavy atom. The van der Waals surface area contributed by atoms with Gasteiger partial charge >= 0.3 is 6.18 Å². The van der Waals surface area contributed by atoms with Crippen molar-refractivity contribution in [1.82, 2.24) is 5.32 Å². The summed E-state index contributed by atoms with van der Waals surface area (Å²) in [6.07, 6.45) is -1.76. The van der Waals surface area contributed by atoms with Crippen LogP contribution in [-0.4, -0.2) is 31.9 Å². The molecule has 0 radical (unpaired) electrons. The molecule has 1 aromatic carbocycles. The molecule has 102 valence electrons. The minimum atomic E-state index is -4.31. The molecule has 19 heavy (non-hydrogen) atoms. The maximum atomic E-state index is 12.8. The summed E-state index contributed by atoms with van der Waals surface area (Å²) in [5.74, 6) is 0. The summed E-state index contributed by atoms with van der Waals surface area (Å²) in [7, 11) is 0. The largest absolute Gasteiger partial charge is 0.416 e. The van der Waals surface area contributed by atoms with Gasteiger partial charge in [-0.05, 0) is 18.2 Å². The van der Waals surface area contributed by atoms with E-state index in [1.165, 1.54) is 12.1 Å². The molecule has 2 aliphatic rings. The third kappa shape index (κ3) is 2.32. The number of nitrogens with zero attached hydrogens (tertiary/aromatic N) is 2. The van der Waals surface area contributed by atoms with E-state index in [1.54, 1.807) is 6.21 Å². The van der Waals surface area contributed by atoms with E-state index in [1.807, 2.05) is 4.90 Å². The second-order valence-corrected chi connectivity index (χ2v) is 4.80. The number of halogens is 3. The molecule has 1 saturated heterocycles. The second-order valence-electron chi connectivity index (χ2n) is 4.80. The molecule has 2 aliphatic heterocycles. The van der Waals surface area contributed by atoms with Gasteiger partial charge in [0, 0.05) is 38.3 Å². The number of benzene rings is 1. The maximum absolute atomic E-state index is 12.8. The molecule has 1 aromatic rings. The summed E-state index contributed by atoms with van der Waals surface area (Å²) in [4.78, 5) is 6.31. The van der Waals surface area contributed by atoms with Crippen molar-refractivity contribution < 1.29 is 13.2 Å². The molecule has 0 amide bonds. The molecule has 6 heteroatoms. The molecule has 3 nitrogen and oxygen atoms in total. The highest BCUT2D eigenvalue weighted by Gasteiger charge is 2.33. The Labute approximate surface area is 109 Å². The van der Waals surface area contributed by atoms with Crippen LogP contribution in [0.1, 0.15) is 12.0 Å². The second kappa shape index (κ2) is 4.52. The van der Waals surface area contributed by atoms with Crippen LogP contribution in [0.5, 0.6) is 0 Å². The highest BCUT2D eigenvalue weighted by atomic mass is 19.4. The quantitative estimate of drug-likeness (QED) is 0.784. The summed E-state index contributed by atoms with van der Waals surface area (Å²) in [6, 6.07) is 3.95. The topological polar surface area (TPSA) is 27.6 Å². The van der Waals surface area contributed by atoms with Crippen LogP contribution in [0.2, 0.25) is 0 Å². The molecule has 0 bridgehead atoms. The summed E-state index contributed by atoms with van der Waals surface area (Å²) in [6.45, 7) is 2.27. The zero-order valence-electron chi connectivity index (χ0n) is 10.2. The average molecular weight is 269 g/mol. The number of alkyl halides is 3. The van der Waals surface area contributed by atoms with E-state index in [2.05, 4.69) is 10.3 Å². The van der Waals surface area contributed by atoms with Crippen molar-refractivity contribution in [3.63, 3.8) is 0 Å². The number of rotatable bonds is 0. The molecular formula is C13H14F3N3. The van der Waals surface area contributed by atoms with Crippen LogP contribution >= 0.6 is 0 Å². The van der Waals surface area contributed by atoms with Gasteiger partial charge in [0.1, 0.15) is 0 Å². The van der Waals surface area contributed by atoms with Crippen LogP contribution in [0.25, 0.3) is 0 Å². The van der Waals surface area contributed by atoms with E-state index < -0.39 is 11.7 Å². The maximum Gasteiger partial charge on any atom is 0.416 e. The molecule has 0 aliphatic carbocycles. The molecule has 1 atom stereocenters. The minimum Gasteiger partial charge on any atom is -0.364 e. The monoisotopic (exact) mass is 269 g/mol. The molecule has 2 heterocycles. The third-order valence-corrected chi connectivity index (χ3v) is 3.57. The smallest absolute Gasteiger partial charge is 0.364 e. The lowest BCUT2D eigenvalue weighted by Crippen LogP contribution is -2.51. The zero-order valence-corrected chi connectivity index (χ0v) is 10.2. The van der Waals surface area contributed by atoms with Gasteiger partial charge in [-0.25, -0.2) is 0 Å². The summed E-state index contributed by atoms with van der Waals surface area (Å²) in [5.41, 5.74) is 0.605. The SMILES string of the molecule is FC(F)(F)c1ccc2c(c1)N1CCNCC1CC=N2. The van der Waals surface area contributed by atoms with E-state index in [0.717, 1.165) is 25.6 Å². The Balaban J connectivity index is 2.06. The van der Waals surface area contributed by atoms with Crippen molar-refractivity contribution in [2.45, 2.75) is 18.6 Å². The predicted octanol–water partition coefficient (Wildman–Crippen LogP) is 2.59. The number of hydrogen-bond acceptors (Lipinski definition) is 3. The number of piperazine rings is 1. The first-order chi connectivity index (χ1) is 9.05. The number of hydrogen-bond donors (Lipinski definition) is 1. The first-order valence-corrected chi connectivity index (χ1v) is 6.27. The van der Waals surface area contributed by atoms with Gasteiger partial charge < -0.3 is 10.2 Å². The number of nitrogens with one attached hydrogen (secondary N) is 1. The molecule has 1 unspecified atom stereocenters. The van der Waals surface area contributed by atoms with Crippen molar-refractivity contribution in [1.29, 1.82) is 0 Å². The summed E-state index contributed by atoms with van der Waals surface area (Å²) < 4.78 is 38.4. The molecule has 0 saturated carbocycles. The lowest BCUT2D eigenvalue weighted by molar-refractivity contribution is -0.137. The van der Waals surface area contributed by atoms with E-state index in [4.69, 9.17) is 0 Å². The van der Waals surface area contributed by atoms with Crippen LogP contribution in [0.15, 0.2) is 23.2 Å². The third-order valence-electron chi connectivity index (χ3n) is 3.57. The van der Waals surface area contributed by atoms with Gasteiger partial charge in [-0.15, -0.1) is 0 Å². The standard InChI is InChI=1S/C13H14F3N3/c14-13(15,16)9-1-2-11-12(7-9)19-6-5-17-8-10(19)3-4-18-11/h1-2,4,7,10,17H,3,5-6,8H2. The highest BCUT2D eigenvalue weighted by Crippen LogP contribution is 2.38. The van der Waals surface area contributed by atoms with Crippen molar-refractivity contribution in [3.8, 4) is 0 Å². The van der Waals surface area contributed by atoms with Crippen LogP contribution < -0.4 is 10.2 Å². The van der Waals surface area contributed by atoms with Gasteiger partial charge in [0.05, 0.1) is 16.9 Å². The first kappa shape index (κ1) is 12.5. The lowest BCUT2D eigenvalue weighted by Gasteiger charge is -2.37. The first-order valence-electron chi connectivity index (χ1n) is 6.27. The Morgan fingerprint density at radius 2 is 2.16 bits per heavy atom. The minimum absolute atomic E-state index is 0.183. The van der Waals surface area contributed by atoms with Crippen LogP contribution in [-0.2, 0) is 6.18 Å². The van der Waals surface area contributed by atoms with Crippen molar-refractivity contribution in [2.75, 3.05) is 24.5 Å². The van der Waals surface area contributed by atoms with Crippen molar-refractivity contribution in [3.05, 3.63) is 23.8 Å². The van der Waals surface area contributed by atoms with Gasteiger partial charge in [0.25, 0.3) is 0 Å². The Hall–Kier alpha value is -1.56. The number of anilines is 1. The van der Waals surface area contributed by atoms with E-state index >= 15 is 0 Å². The molecule has 3 rings (SSSR count). The predicted molar refractivity (Wildman–Crippen MR) is 68.2 cm³/mol. The molecule has 0 spiro atoms. The van der Waals surface area contributed by atoms with Crippen molar-refractivity contribution >= 4 is 17.6 Å². The summed E-state index contributed by atoms with van der Waals surface area (Å²) >= 11 is 0.